The first kappa shape index (κ1) is 21.2. The van der Waals surface area contributed by atoms with Gasteiger partial charge in [0, 0.05) is 18.3 Å². The molecule has 3 aromatic rings. The number of nitrogens with one attached hydrogen (secondary N) is 1. The van der Waals surface area contributed by atoms with E-state index in [1.807, 2.05) is 0 Å². The predicted molar refractivity (Wildman–Crippen MR) is 117 cm³/mol. The second-order valence-electron chi connectivity index (χ2n) is 8.32. The summed E-state index contributed by atoms with van der Waals surface area (Å²) in [6, 6.07) is 6.77. The molecule has 0 aliphatic heterocycles. The Balaban J connectivity index is 1.49. The summed E-state index contributed by atoms with van der Waals surface area (Å²) in [5.41, 5.74) is 7.58. The average Bonchev–Trinajstić information content (AvgIpc) is 3.13. The van der Waals surface area contributed by atoms with Crippen LogP contribution in [-0.2, 0) is 0 Å². The predicted octanol–water partition coefficient (Wildman–Crippen LogP) is 3.49. The summed E-state index contributed by atoms with van der Waals surface area (Å²) < 4.78 is 16.9. The smallest absolute Gasteiger partial charge is 0.254 e. The molecule has 0 bridgehead atoms. The molecule has 4 N–H and O–H groups in total. The van der Waals surface area contributed by atoms with Crippen molar-refractivity contribution in [2.24, 2.45) is 5.92 Å². The van der Waals surface area contributed by atoms with Crippen molar-refractivity contribution in [3.63, 3.8) is 0 Å². The van der Waals surface area contributed by atoms with Crippen molar-refractivity contribution >= 4 is 17.5 Å². The highest BCUT2D eigenvalue weighted by atomic mass is 19.1. The number of hydrogen-bond donors (Lipinski definition) is 3. The Bertz CT molecular complexity index is 1090. The number of carbonyl (C=O) groups is 1. The first-order chi connectivity index (χ1) is 14.9. The van der Waals surface area contributed by atoms with Crippen LogP contribution >= 0.6 is 0 Å². The molecule has 1 aliphatic carbocycles. The number of hydrogen-bond acceptors (Lipinski definition) is 5. The van der Waals surface area contributed by atoms with Crippen molar-refractivity contribution < 1.29 is 14.3 Å². The number of amides is 1. The Hall–Kier alpha value is -3.00. The summed E-state index contributed by atoms with van der Waals surface area (Å²) >= 11 is 0. The lowest BCUT2D eigenvalue weighted by atomic mass is 9.84. The molecular weight excluding hydrogens is 397 g/mol. The molecule has 1 aliphatic rings. The van der Waals surface area contributed by atoms with Crippen LogP contribution < -0.4 is 11.1 Å². The number of aliphatic hydroxyl groups excluding tert-OH is 1. The highest BCUT2D eigenvalue weighted by Gasteiger charge is 2.23. The van der Waals surface area contributed by atoms with Crippen molar-refractivity contribution in [2.75, 3.05) is 12.3 Å². The van der Waals surface area contributed by atoms with Crippen molar-refractivity contribution in [1.29, 1.82) is 0 Å². The molecule has 8 heteroatoms. The van der Waals surface area contributed by atoms with E-state index in [-0.39, 0.29) is 11.5 Å². The standard InChI is InChI=1S/C23H28FN5O2/c1-14-7-8-17(16-10-12-29-19(13-16)27-23(25)28-29)21(24)20(14)22(31)26-11-9-18(30)15-5-3-2-4-6-15/h7-8,10,12-13,15,18,30H,2-6,9,11H2,1H3,(H2,25,28)(H,26,31)/t18-/m1/s1. The Morgan fingerprint density at radius 2 is 2.10 bits per heavy atom. The van der Waals surface area contributed by atoms with Gasteiger partial charge >= 0.3 is 0 Å². The van der Waals surface area contributed by atoms with Gasteiger partial charge in [0.05, 0.1) is 11.7 Å². The highest BCUT2D eigenvalue weighted by Crippen LogP contribution is 2.29. The number of aliphatic hydroxyl groups is 1. The third-order valence-corrected chi connectivity index (χ3v) is 6.16. The van der Waals surface area contributed by atoms with Crippen LogP contribution in [0.15, 0.2) is 30.5 Å². The number of rotatable bonds is 6. The first-order valence-corrected chi connectivity index (χ1v) is 10.8. The summed E-state index contributed by atoms with van der Waals surface area (Å²) in [6.45, 7) is 2.02. The van der Waals surface area contributed by atoms with Gasteiger partial charge in [-0.3, -0.25) is 4.79 Å². The fraction of sp³-hybridized carbons (Fsp3) is 0.435. The fourth-order valence-corrected chi connectivity index (χ4v) is 4.42. The van der Waals surface area contributed by atoms with E-state index in [0.717, 1.165) is 25.7 Å². The molecule has 2 heterocycles. The molecule has 0 spiro atoms. The number of aryl methyl sites for hydroxylation is 1. The lowest BCUT2D eigenvalue weighted by Gasteiger charge is -2.26. The number of anilines is 1. The minimum absolute atomic E-state index is 0.0190. The average molecular weight is 426 g/mol. The maximum atomic E-state index is 15.4. The van der Waals surface area contributed by atoms with E-state index >= 15 is 4.39 Å². The molecule has 1 amide bonds. The molecule has 1 fully saturated rings. The maximum Gasteiger partial charge on any atom is 0.254 e. The molecule has 1 atom stereocenters. The third kappa shape index (κ3) is 4.54. The van der Waals surface area contributed by atoms with Gasteiger partial charge in [-0.1, -0.05) is 31.4 Å². The van der Waals surface area contributed by atoms with E-state index in [4.69, 9.17) is 5.73 Å². The van der Waals surface area contributed by atoms with E-state index in [1.54, 1.807) is 37.4 Å². The van der Waals surface area contributed by atoms with E-state index in [2.05, 4.69) is 15.4 Å². The molecule has 7 nitrogen and oxygen atoms in total. The number of benzene rings is 1. The molecule has 164 valence electrons. The molecule has 2 aromatic heterocycles. The number of aromatic nitrogens is 3. The topological polar surface area (TPSA) is 106 Å². The molecular formula is C23H28FN5O2. The van der Waals surface area contributed by atoms with Gasteiger partial charge < -0.3 is 16.2 Å². The zero-order valence-corrected chi connectivity index (χ0v) is 17.6. The summed E-state index contributed by atoms with van der Waals surface area (Å²) in [4.78, 5) is 16.9. The largest absolute Gasteiger partial charge is 0.393 e. The molecule has 1 aromatic carbocycles. The Kier molecular flexibility index (Phi) is 6.18. The van der Waals surface area contributed by atoms with Crippen LogP contribution in [0.1, 0.15) is 54.4 Å². The highest BCUT2D eigenvalue weighted by molar-refractivity contribution is 5.97. The molecule has 4 rings (SSSR count). The Morgan fingerprint density at radius 3 is 2.87 bits per heavy atom. The normalized spacial score (nSPS) is 15.8. The van der Waals surface area contributed by atoms with Gasteiger partial charge in [-0.2, -0.15) is 4.98 Å². The molecule has 0 radical (unpaired) electrons. The quantitative estimate of drug-likeness (QED) is 0.561. The van der Waals surface area contributed by atoms with Gasteiger partial charge in [-0.05, 0) is 55.4 Å². The second-order valence-corrected chi connectivity index (χ2v) is 8.32. The van der Waals surface area contributed by atoms with Crippen molar-refractivity contribution in [2.45, 2.75) is 51.6 Å². The lowest BCUT2D eigenvalue weighted by Crippen LogP contribution is -2.31. The minimum atomic E-state index is -0.581. The summed E-state index contributed by atoms with van der Waals surface area (Å²) in [6.07, 6.45) is 7.30. The number of nitrogens with zero attached hydrogens (tertiary/aromatic N) is 3. The second kappa shape index (κ2) is 9.01. The van der Waals surface area contributed by atoms with E-state index in [0.29, 0.717) is 41.2 Å². The van der Waals surface area contributed by atoms with Crippen molar-refractivity contribution in [3.05, 3.63) is 47.4 Å². The van der Waals surface area contributed by atoms with Gasteiger partial charge in [0.15, 0.2) is 5.65 Å². The molecule has 1 saturated carbocycles. The minimum Gasteiger partial charge on any atom is -0.393 e. The van der Waals surface area contributed by atoms with Crippen LogP contribution in [-0.4, -0.2) is 38.3 Å². The summed E-state index contributed by atoms with van der Waals surface area (Å²) in [5, 5.41) is 17.2. The molecule has 0 saturated heterocycles. The van der Waals surface area contributed by atoms with Crippen LogP contribution in [0.4, 0.5) is 10.3 Å². The zero-order chi connectivity index (χ0) is 22.0. The number of halogens is 1. The Morgan fingerprint density at radius 1 is 1.32 bits per heavy atom. The fourth-order valence-electron chi connectivity index (χ4n) is 4.42. The SMILES string of the molecule is Cc1ccc(-c2ccn3nc(N)nc3c2)c(F)c1C(=O)NCC[C@@H](O)C1CCCCC1. The third-order valence-electron chi connectivity index (χ3n) is 6.16. The Labute approximate surface area is 180 Å². The van der Waals surface area contributed by atoms with Gasteiger partial charge in [-0.25, -0.2) is 8.91 Å². The van der Waals surface area contributed by atoms with Crippen molar-refractivity contribution in [3.8, 4) is 11.1 Å². The monoisotopic (exact) mass is 425 g/mol. The van der Waals surface area contributed by atoms with Gasteiger partial charge in [0.2, 0.25) is 5.95 Å². The number of nitrogens with two attached hydrogens (primary N) is 1. The summed E-state index contributed by atoms with van der Waals surface area (Å²) in [7, 11) is 0. The summed E-state index contributed by atoms with van der Waals surface area (Å²) in [5.74, 6) is -0.617. The van der Waals surface area contributed by atoms with Crippen LogP contribution in [0, 0.1) is 18.7 Å². The van der Waals surface area contributed by atoms with E-state index < -0.39 is 17.8 Å². The van der Waals surface area contributed by atoms with Gasteiger partial charge in [0.1, 0.15) is 5.82 Å². The van der Waals surface area contributed by atoms with Gasteiger partial charge in [-0.15, -0.1) is 5.10 Å². The van der Waals surface area contributed by atoms with Crippen molar-refractivity contribution in [1.82, 2.24) is 19.9 Å². The van der Waals surface area contributed by atoms with Crippen LogP contribution in [0.5, 0.6) is 0 Å². The first-order valence-electron chi connectivity index (χ1n) is 10.8. The van der Waals surface area contributed by atoms with Crippen LogP contribution in [0.2, 0.25) is 0 Å². The van der Waals surface area contributed by atoms with Crippen LogP contribution in [0.25, 0.3) is 16.8 Å². The van der Waals surface area contributed by atoms with E-state index in [1.165, 1.54) is 10.9 Å². The zero-order valence-electron chi connectivity index (χ0n) is 17.6. The van der Waals surface area contributed by atoms with Gasteiger partial charge in [0.25, 0.3) is 5.91 Å². The number of pyridine rings is 1. The number of fused-ring (bicyclic) bond motifs is 1. The van der Waals surface area contributed by atoms with Crippen LogP contribution in [0.3, 0.4) is 0 Å². The molecule has 0 unspecified atom stereocenters. The molecule has 31 heavy (non-hydrogen) atoms. The van der Waals surface area contributed by atoms with E-state index in [9.17, 15) is 9.90 Å². The number of nitrogen functional groups attached to an aromatic ring is 1. The number of carbonyl (C=O) groups excluding carboxylic acids is 1. The maximum absolute atomic E-state index is 15.4. The lowest BCUT2D eigenvalue weighted by molar-refractivity contribution is 0.0748.